The molecule has 0 saturated carbocycles. The first-order valence-electron chi connectivity index (χ1n) is 9.12. The van der Waals surface area contributed by atoms with Gasteiger partial charge in [0.05, 0.1) is 12.7 Å². The summed E-state index contributed by atoms with van der Waals surface area (Å²) < 4.78 is 14.9. The molecule has 0 spiro atoms. The van der Waals surface area contributed by atoms with Crippen LogP contribution in [0.3, 0.4) is 0 Å². The van der Waals surface area contributed by atoms with Gasteiger partial charge in [0, 0.05) is 31.2 Å². The summed E-state index contributed by atoms with van der Waals surface area (Å²) in [6.45, 7) is 1.91. The number of aliphatic hydroxyl groups is 2. The molecule has 1 aromatic carbocycles. The monoisotopic (exact) mass is 370 g/mol. The second-order valence-corrected chi connectivity index (χ2v) is 7.44. The Morgan fingerprint density at radius 2 is 2.00 bits per heavy atom. The molecule has 1 aliphatic rings. The Morgan fingerprint density at radius 1 is 1.19 bits per heavy atom. The molecule has 27 heavy (non-hydrogen) atoms. The van der Waals surface area contributed by atoms with E-state index in [1.54, 1.807) is 16.6 Å². The summed E-state index contributed by atoms with van der Waals surface area (Å²) in [6, 6.07) is 10.3. The van der Waals surface area contributed by atoms with Crippen molar-refractivity contribution in [2.45, 2.75) is 25.5 Å². The summed E-state index contributed by atoms with van der Waals surface area (Å²) in [5.74, 6) is -0.286. The lowest BCUT2D eigenvalue weighted by molar-refractivity contribution is -0.0768. The SMILES string of the molecule is OC[C@]1(Cc2ccc(F)cc2)CN(Cc2ccn3ncnc3c2)CC[C@@H]1O. The number of halogens is 1. The fraction of sp³-hybridized carbons (Fsp3) is 0.400. The van der Waals surface area contributed by atoms with Crippen LogP contribution in [-0.4, -0.2) is 55.5 Å². The van der Waals surface area contributed by atoms with E-state index in [4.69, 9.17) is 0 Å². The van der Waals surface area contributed by atoms with Crippen molar-refractivity contribution in [1.29, 1.82) is 0 Å². The van der Waals surface area contributed by atoms with Crippen molar-refractivity contribution in [2.24, 2.45) is 5.41 Å². The summed E-state index contributed by atoms with van der Waals surface area (Å²) >= 11 is 0. The summed E-state index contributed by atoms with van der Waals surface area (Å²) in [6.07, 6.45) is 3.91. The van der Waals surface area contributed by atoms with E-state index in [0.717, 1.165) is 23.3 Å². The van der Waals surface area contributed by atoms with Crippen LogP contribution in [0.4, 0.5) is 4.39 Å². The van der Waals surface area contributed by atoms with Crippen LogP contribution in [0.25, 0.3) is 5.65 Å². The van der Waals surface area contributed by atoms with Crippen LogP contribution in [0.2, 0.25) is 0 Å². The molecular formula is C20H23FN4O2. The van der Waals surface area contributed by atoms with Crippen molar-refractivity contribution < 1.29 is 14.6 Å². The lowest BCUT2D eigenvalue weighted by Gasteiger charge is -2.45. The van der Waals surface area contributed by atoms with E-state index in [0.29, 0.717) is 25.9 Å². The molecule has 0 radical (unpaired) electrons. The van der Waals surface area contributed by atoms with Gasteiger partial charge in [0.15, 0.2) is 5.65 Å². The minimum Gasteiger partial charge on any atom is -0.396 e. The number of fused-ring (bicyclic) bond motifs is 1. The number of hydrogen-bond acceptors (Lipinski definition) is 5. The van der Waals surface area contributed by atoms with Crippen LogP contribution >= 0.6 is 0 Å². The molecule has 2 atom stereocenters. The average molecular weight is 370 g/mol. The lowest BCUT2D eigenvalue weighted by Crippen LogP contribution is -2.54. The van der Waals surface area contributed by atoms with Gasteiger partial charge in [-0.25, -0.2) is 13.9 Å². The number of likely N-dealkylation sites (tertiary alicyclic amines) is 1. The number of aliphatic hydroxyl groups excluding tert-OH is 2. The smallest absolute Gasteiger partial charge is 0.155 e. The molecule has 142 valence electrons. The van der Waals surface area contributed by atoms with Crippen LogP contribution in [0.15, 0.2) is 48.9 Å². The second kappa shape index (κ2) is 7.34. The van der Waals surface area contributed by atoms with Gasteiger partial charge in [-0.15, -0.1) is 0 Å². The van der Waals surface area contributed by atoms with Crippen LogP contribution < -0.4 is 0 Å². The molecule has 1 aliphatic heterocycles. The molecule has 3 heterocycles. The van der Waals surface area contributed by atoms with Crippen LogP contribution in [0.5, 0.6) is 0 Å². The molecule has 0 amide bonds. The topological polar surface area (TPSA) is 73.9 Å². The number of piperidine rings is 1. The summed E-state index contributed by atoms with van der Waals surface area (Å²) in [5.41, 5.74) is 2.16. The predicted molar refractivity (Wildman–Crippen MR) is 98.5 cm³/mol. The molecule has 3 aromatic rings. The Morgan fingerprint density at radius 3 is 2.78 bits per heavy atom. The Labute approximate surface area is 156 Å². The van der Waals surface area contributed by atoms with E-state index in [1.807, 2.05) is 18.3 Å². The fourth-order valence-corrected chi connectivity index (χ4v) is 3.98. The number of pyridine rings is 1. The second-order valence-electron chi connectivity index (χ2n) is 7.44. The Bertz CT molecular complexity index is 914. The van der Waals surface area contributed by atoms with E-state index < -0.39 is 11.5 Å². The average Bonchev–Trinajstić information content (AvgIpc) is 3.14. The van der Waals surface area contributed by atoms with Gasteiger partial charge in [0.25, 0.3) is 0 Å². The van der Waals surface area contributed by atoms with E-state index in [2.05, 4.69) is 15.0 Å². The number of nitrogens with zero attached hydrogens (tertiary/aromatic N) is 4. The van der Waals surface area contributed by atoms with Gasteiger partial charge in [0.1, 0.15) is 12.1 Å². The van der Waals surface area contributed by atoms with Crippen molar-refractivity contribution in [3.8, 4) is 0 Å². The first-order valence-corrected chi connectivity index (χ1v) is 9.12. The number of aromatic nitrogens is 3. The molecule has 7 heteroatoms. The van der Waals surface area contributed by atoms with E-state index in [-0.39, 0.29) is 12.4 Å². The molecule has 0 bridgehead atoms. The van der Waals surface area contributed by atoms with Crippen molar-refractivity contribution in [3.63, 3.8) is 0 Å². The first kappa shape index (κ1) is 18.0. The molecule has 6 nitrogen and oxygen atoms in total. The highest BCUT2D eigenvalue weighted by molar-refractivity contribution is 5.39. The summed E-state index contributed by atoms with van der Waals surface area (Å²) in [4.78, 5) is 6.46. The van der Waals surface area contributed by atoms with Gasteiger partial charge in [-0.1, -0.05) is 12.1 Å². The molecule has 2 N–H and O–H groups in total. The number of benzene rings is 1. The zero-order chi connectivity index (χ0) is 18.9. The van der Waals surface area contributed by atoms with Gasteiger partial charge in [0.2, 0.25) is 0 Å². The fourth-order valence-electron chi connectivity index (χ4n) is 3.98. The third kappa shape index (κ3) is 3.71. The van der Waals surface area contributed by atoms with Crippen molar-refractivity contribution >= 4 is 5.65 Å². The molecule has 0 unspecified atom stereocenters. The highest BCUT2D eigenvalue weighted by Crippen LogP contribution is 2.34. The highest BCUT2D eigenvalue weighted by Gasteiger charge is 2.42. The van der Waals surface area contributed by atoms with Crippen LogP contribution in [0, 0.1) is 11.2 Å². The van der Waals surface area contributed by atoms with Crippen LogP contribution in [0.1, 0.15) is 17.5 Å². The summed E-state index contributed by atoms with van der Waals surface area (Å²) in [5, 5.41) is 24.9. The molecule has 2 aromatic heterocycles. The normalized spacial score (nSPS) is 23.7. The Kier molecular flexibility index (Phi) is 4.90. The maximum absolute atomic E-state index is 13.2. The molecule has 4 rings (SSSR count). The third-order valence-electron chi connectivity index (χ3n) is 5.50. The quantitative estimate of drug-likeness (QED) is 0.715. The molecule has 0 aliphatic carbocycles. The van der Waals surface area contributed by atoms with Crippen molar-refractivity contribution in [1.82, 2.24) is 19.5 Å². The first-order chi connectivity index (χ1) is 13.1. The molecule has 1 fully saturated rings. The summed E-state index contributed by atoms with van der Waals surface area (Å²) in [7, 11) is 0. The number of rotatable bonds is 5. The zero-order valence-electron chi connectivity index (χ0n) is 15.0. The van der Waals surface area contributed by atoms with Crippen LogP contribution in [-0.2, 0) is 13.0 Å². The van der Waals surface area contributed by atoms with E-state index in [9.17, 15) is 14.6 Å². The highest BCUT2D eigenvalue weighted by atomic mass is 19.1. The molecule has 1 saturated heterocycles. The third-order valence-corrected chi connectivity index (χ3v) is 5.50. The lowest BCUT2D eigenvalue weighted by atomic mass is 9.73. The molecular weight excluding hydrogens is 347 g/mol. The van der Waals surface area contributed by atoms with E-state index >= 15 is 0 Å². The minimum atomic E-state index is -0.658. The maximum Gasteiger partial charge on any atom is 0.155 e. The van der Waals surface area contributed by atoms with Gasteiger partial charge in [-0.05, 0) is 48.2 Å². The largest absolute Gasteiger partial charge is 0.396 e. The van der Waals surface area contributed by atoms with Gasteiger partial charge in [-0.3, -0.25) is 4.90 Å². The van der Waals surface area contributed by atoms with Gasteiger partial charge < -0.3 is 10.2 Å². The van der Waals surface area contributed by atoms with Crippen molar-refractivity contribution in [3.05, 3.63) is 65.9 Å². The number of hydrogen-bond donors (Lipinski definition) is 2. The standard InChI is InChI=1S/C20H23FN4O2/c21-17-3-1-15(2-4-17)10-20(13-26)12-24(7-6-18(20)27)11-16-5-8-25-19(9-16)22-14-23-25/h1-5,8-9,14,18,26-27H,6-7,10-13H2/t18-,20-/m0/s1. The van der Waals surface area contributed by atoms with Gasteiger partial charge >= 0.3 is 0 Å². The predicted octanol–water partition coefficient (Wildman–Crippen LogP) is 1.66. The Hall–Kier alpha value is -2.35. The van der Waals surface area contributed by atoms with Crippen molar-refractivity contribution in [2.75, 3.05) is 19.7 Å². The minimum absolute atomic E-state index is 0.120. The van der Waals surface area contributed by atoms with E-state index in [1.165, 1.54) is 18.5 Å². The maximum atomic E-state index is 13.2. The van der Waals surface area contributed by atoms with Gasteiger partial charge in [-0.2, -0.15) is 5.10 Å². The Balaban J connectivity index is 1.52. The zero-order valence-corrected chi connectivity index (χ0v) is 15.0.